The lowest BCUT2D eigenvalue weighted by atomic mass is 10.9. The zero-order chi connectivity index (χ0) is 4.12. The molecule has 0 bridgehead atoms. The van der Waals surface area contributed by atoms with Gasteiger partial charge in [0.05, 0.1) is 0 Å². The summed E-state index contributed by atoms with van der Waals surface area (Å²) in [6.45, 7) is 0. The number of hydrogen-bond acceptors (Lipinski definition) is 2. The van der Waals surface area contributed by atoms with E-state index in [2.05, 4.69) is 0 Å². The largest absolute Gasteiger partial charge is 0.498 e. The molecule has 0 unspecified atom stereocenters. The second-order valence-electron chi connectivity index (χ2n) is 0.338. The Labute approximate surface area is 34.1 Å². The maximum atomic E-state index is 9.00. The van der Waals surface area contributed by atoms with Gasteiger partial charge in [-0.2, -0.15) is 0 Å². The Morgan fingerprint density at radius 3 is 2.33 bits per heavy atom. The molecule has 0 heterocycles. The summed E-state index contributed by atoms with van der Waals surface area (Å²) in [5.41, 5.74) is 0. The Morgan fingerprint density at radius 2 is 2.33 bits per heavy atom. The zero-order valence-electron chi connectivity index (χ0n) is 2.84. The van der Waals surface area contributed by atoms with Crippen LogP contribution in [-0.4, -0.2) is 11.8 Å². The van der Waals surface area contributed by atoms with Crippen molar-refractivity contribution < 1.29 is 10.3 Å². The number of rotatable bonds is 0. The van der Waals surface area contributed by atoms with Gasteiger partial charge >= 0.3 is 6.07 Å². The maximum Gasteiger partial charge on any atom is 0.372 e. The van der Waals surface area contributed by atoms with Gasteiger partial charge < -0.3 is 10.7 Å². The highest BCUT2D eigenvalue weighted by Gasteiger charge is 1.61. The van der Waals surface area contributed by atoms with Gasteiger partial charge in [0.25, 0.3) is 6.29 Å². The van der Waals surface area contributed by atoms with Crippen molar-refractivity contribution in [2.75, 3.05) is 0 Å². The number of aldehydes is 1. The first kappa shape index (κ1) is 8.87. The fourth-order valence-electron chi connectivity index (χ4n) is 0.0215. The molecular weight excluding hydrogens is 86.0 g/mol. The van der Waals surface area contributed by atoms with Crippen molar-refractivity contribution in [3.8, 4) is 6.07 Å². The molecular formula is C2H3NO3. The van der Waals surface area contributed by atoms with E-state index in [9.17, 15) is 0 Å². The van der Waals surface area contributed by atoms with E-state index >= 15 is 0 Å². The van der Waals surface area contributed by atoms with Crippen molar-refractivity contribution in [2.24, 2.45) is 0 Å². The lowest BCUT2D eigenvalue weighted by Gasteiger charge is -1.42. The molecule has 0 amide bonds. The Kier molecular flexibility index (Phi) is 13.4. The molecule has 0 fully saturated rings. The summed E-state index contributed by atoms with van der Waals surface area (Å²) >= 11 is 0. The van der Waals surface area contributed by atoms with Gasteiger partial charge in [-0.25, -0.2) is 0 Å². The fourth-order valence-corrected chi connectivity index (χ4v) is 0.0215. The average molecular weight is 89.1 g/mol. The predicted octanol–water partition coefficient (Wildman–Crippen LogP) is -0.809. The summed E-state index contributed by atoms with van der Waals surface area (Å²) in [7, 11) is 0. The van der Waals surface area contributed by atoms with E-state index < -0.39 is 0 Å². The van der Waals surface area contributed by atoms with Gasteiger partial charge in [0.2, 0.25) is 0 Å². The van der Waals surface area contributed by atoms with Crippen LogP contribution in [-0.2, 0) is 4.79 Å². The summed E-state index contributed by atoms with van der Waals surface area (Å²) in [5.74, 6) is 0. The van der Waals surface area contributed by atoms with Crippen LogP contribution in [0.15, 0.2) is 0 Å². The number of carbonyl (C=O) groups excluding carboxylic acids is 1. The van der Waals surface area contributed by atoms with Crippen molar-refractivity contribution in [1.29, 1.82) is 0 Å². The molecule has 0 radical (unpaired) electrons. The average Bonchev–Trinajstić information content (AvgIpc) is 1.41. The second kappa shape index (κ2) is 9.07. The van der Waals surface area contributed by atoms with Crippen LogP contribution in [0.1, 0.15) is 0 Å². The molecule has 0 aliphatic carbocycles. The highest BCUT2D eigenvalue weighted by atomic mass is 16.4. The van der Waals surface area contributed by atoms with Gasteiger partial charge in [0, 0.05) is 5.01 Å². The molecule has 4 heteroatoms. The van der Waals surface area contributed by atoms with Crippen LogP contribution in [0.25, 0.3) is 5.01 Å². The summed E-state index contributed by atoms with van der Waals surface area (Å²) in [4.78, 5) is 9.00. The minimum absolute atomic E-state index is 0. The van der Waals surface area contributed by atoms with E-state index in [1.807, 2.05) is 5.01 Å². The second-order valence-corrected chi connectivity index (χ2v) is 0.338. The van der Waals surface area contributed by atoms with E-state index in [4.69, 9.17) is 10.0 Å². The van der Waals surface area contributed by atoms with Crippen LogP contribution in [0.3, 0.4) is 0 Å². The monoisotopic (exact) mass is 89.0 g/mol. The number of hydrogen-bond donors (Lipinski definition) is 0. The van der Waals surface area contributed by atoms with E-state index in [0.29, 0.717) is 0 Å². The third-order valence-electron chi connectivity index (χ3n) is 0.105. The van der Waals surface area contributed by atoms with Gasteiger partial charge in [0.15, 0.2) is 0 Å². The van der Waals surface area contributed by atoms with Gasteiger partial charge in [-0.3, -0.25) is 4.79 Å². The molecule has 0 aliphatic heterocycles. The molecule has 0 aromatic carbocycles. The Bertz CT molecular complexity index is 78.5. The van der Waals surface area contributed by atoms with Crippen LogP contribution in [0.4, 0.5) is 0 Å². The summed E-state index contributed by atoms with van der Waals surface area (Å²) in [5, 5.41) is 10.8. The molecule has 34 valence electrons. The lowest BCUT2D eigenvalue weighted by molar-refractivity contribution is -0.103. The van der Waals surface area contributed by atoms with Crippen molar-refractivity contribution in [1.82, 2.24) is 0 Å². The topological polar surface area (TPSA) is 76.0 Å². The third kappa shape index (κ3) is 12.7. The van der Waals surface area contributed by atoms with E-state index in [-0.39, 0.29) is 11.8 Å². The predicted molar refractivity (Wildman–Crippen MR) is 20.3 cm³/mol. The molecule has 0 aliphatic rings. The Balaban J connectivity index is 0. The molecule has 0 rings (SSSR count). The maximum absolute atomic E-state index is 9.00. The highest BCUT2D eigenvalue weighted by Crippen LogP contribution is 1.45. The minimum atomic E-state index is 0. The first-order chi connectivity index (χ1) is 2.41. The molecule has 0 saturated heterocycles. The van der Waals surface area contributed by atoms with Crippen LogP contribution >= 0.6 is 0 Å². The van der Waals surface area contributed by atoms with Crippen LogP contribution in [0, 0.1) is 11.3 Å². The first-order valence-electron chi connectivity index (χ1n) is 0.931. The lowest BCUT2D eigenvalue weighted by Crippen LogP contribution is -1.49. The fraction of sp³-hybridized carbons (Fsp3) is 0. The minimum Gasteiger partial charge on any atom is -0.498 e. The Morgan fingerprint density at radius 1 is 1.83 bits per heavy atom. The van der Waals surface area contributed by atoms with E-state index in [1.54, 1.807) is 0 Å². The first-order valence-corrected chi connectivity index (χ1v) is 0.931. The molecule has 2 N–H and O–H groups in total. The highest BCUT2D eigenvalue weighted by molar-refractivity contribution is 5.70. The third-order valence-corrected chi connectivity index (χ3v) is 0.105. The van der Waals surface area contributed by atoms with Gasteiger partial charge in [0.1, 0.15) is 0 Å². The standard InChI is InChI=1S/C2HNO2.H2O/c4-2-1-3-5;/h2H;1H2. The van der Waals surface area contributed by atoms with Crippen molar-refractivity contribution in [3.63, 3.8) is 0 Å². The van der Waals surface area contributed by atoms with Crippen molar-refractivity contribution >= 4 is 6.29 Å². The van der Waals surface area contributed by atoms with E-state index in [1.165, 1.54) is 6.07 Å². The van der Waals surface area contributed by atoms with Gasteiger partial charge in [-0.15, -0.1) is 0 Å². The Hall–Kier alpha value is -1.08. The molecule has 6 heavy (non-hydrogen) atoms. The molecule has 0 atom stereocenters. The smallest absolute Gasteiger partial charge is 0.372 e. The van der Waals surface area contributed by atoms with Crippen LogP contribution < -0.4 is 0 Å². The van der Waals surface area contributed by atoms with Crippen molar-refractivity contribution in [2.45, 2.75) is 0 Å². The molecule has 0 aromatic rings. The number of carbonyl (C=O) groups is 1. The zero-order valence-corrected chi connectivity index (χ0v) is 2.84. The van der Waals surface area contributed by atoms with Gasteiger partial charge in [-0.05, 0) is 0 Å². The van der Waals surface area contributed by atoms with E-state index in [0.717, 1.165) is 0 Å². The van der Waals surface area contributed by atoms with Crippen LogP contribution in [0.5, 0.6) is 0 Å². The normalized spacial score (nSPS) is 3.33. The SMILES string of the molecule is O.O=CC#[N+][O-]. The van der Waals surface area contributed by atoms with Crippen LogP contribution in [0.2, 0.25) is 0 Å². The quantitative estimate of drug-likeness (QED) is 0.221. The molecule has 0 saturated carbocycles. The van der Waals surface area contributed by atoms with Gasteiger partial charge in [-0.1, -0.05) is 0 Å². The summed E-state index contributed by atoms with van der Waals surface area (Å²) in [6, 6.07) is 1.50. The molecule has 0 aromatic heterocycles. The summed E-state index contributed by atoms with van der Waals surface area (Å²) in [6.07, 6.45) is 0.201. The molecule has 4 nitrogen and oxygen atoms in total. The summed E-state index contributed by atoms with van der Waals surface area (Å²) < 4.78 is 0. The number of nitrogens with zero attached hydrogens (tertiary/aromatic N) is 1. The molecule has 0 spiro atoms. The van der Waals surface area contributed by atoms with Crippen molar-refractivity contribution in [3.05, 3.63) is 10.2 Å².